The highest BCUT2D eigenvalue weighted by atomic mass is 19.1. The lowest BCUT2D eigenvalue weighted by Crippen LogP contribution is -2.41. The molecule has 1 unspecified atom stereocenters. The molecule has 0 spiro atoms. The van der Waals surface area contributed by atoms with Gasteiger partial charge in [-0.1, -0.05) is 17.3 Å². The topological polar surface area (TPSA) is 47.3 Å². The average molecular weight is 342 g/mol. The van der Waals surface area contributed by atoms with Crippen LogP contribution in [0.5, 0.6) is 0 Å². The van der Waals surface area contributed by atoms with Gasteiger partial charge in [0.2, 0.25) is 0 Å². The number of nitrogens with zero attached hydrogens (tertiary/aromatic N) is 1. The maximum absolute atomic E-state index is 14.3. The Morgan fingerprint density at radius 1 is 1.12 bits per heavy atom. The van der Waals surface area contributed by atoms with E-state index in [1.165, 1.54) is 18.9 Å². The zero-order chi connectivity index (χ0) is 16.8. The summed E-state index contributed by atoms with van der Waals surface area (Å²) in [6.45, 7) is 0.461. The highest BCUT2D eigenvalue weighted by Crippen LogP contribution is 2.44. The molecular formula is C20H23FN2O2. The molecule has 132 valence electrons. The minimum atomic E-state index is -0.265. The summed E-state index contributed by atoms with van der Waals surface area (Å²) in [4.78, 5) is 0. The lowest BCUT2D eigenvalue weighted by atomic mass is 10.0. The molecule has 5 heteroatoms. The minimum Gasteiger partial charge on any atom is -0.373 e. The van der Waals surface area contributed by atoms with Crippen LogP contribution in [0.15, 0.2) is 28.8 Å². The van der Waals surface area contributed by atoms with Crippen LogP contribution in [0, 0.1) is 5.82 Å². The molecule has 4 nitrogen and oxygen atoms in total. The molecule has 3 aliphatic rings. The predicted octanol–water partition coefficient (Wildman–Crippen LogP) is 4.16. The van der Waals surface area contributed by atoms with Crippen molar-refractivity contribution in [2.24, 2.45) is 0 Å². The van der Waals surface area contributed by atoms with Gasteiger partial charge in [-0.05, 0) is 50.7 Å². The SMILES string of the molecule is Fc1ccccc1-c1noc(C2CC2)c1COC1C[C@H]2CC[C@@H](C1)N2. The zero-order valence-electron chi connectivity index (χ0n) is 14.2. The van der Waals surface area contributed by atoms with Crippen LogP contribution in [-0.4, -0.2) is 23.3 Å². The molecule has 2 saturated heterocycles. The van der Waals surface area contributed by atoms with E-state index in [0.29, 0.717) is 35.9 Å². The number of aromatic nitrogens is 1. The molecular weight excluding hydrogens is 319 g/mol. The first kappa shape index (κ1) is 15.5. The highest BCUT2D eigenvalue weighted by molar-refractivity contribution is 5.64. The van der Waals surface area contributed by atoms with E-state index in [0.717, 1.165) is 37.0 Å². The first-order valence-electron chi connectivity index (χ1n) is 9.39. The molecule has 5 rings (SSSR count). The number of halogens is 1. The van der Waals surface area contributed by atoms with Crippen molar-refractivity contribution >= 4 is 0 Å². The Morgan fingerprint density at radius 3 is 2.60 bits per heavy atom. The molecule has 1 saturated carbocycles. The summed E-state index contributed by atoms with van der Waals surface area (Å²) < 4.78 is 26.1. The Kier molecular flexibility index (Phi) is 3.86. The lowest BCUT2D eigenvalue weighted by molar-refractivity contribution is 0.00875. The smallest absolute Gasteiger partial charge is 0.145 e. The van der Waals surface area contributed by atoms with Crippen molar-refractivity contribution in [3.63, 3.8) is 0 Å². The average Bonchev–Trinajstić information content (AvgIpc) is 3.30. The normalized spacial score (nSPS) is 28.4. The lowest BCUT2D eigenvalue weighted by Gasteiger charge is -2.29. The summed E-state index contributed by atoms with van der Waals surface area (Å²) in [6.07, 6.45) is 7.16. The van der Waals surface area contributed by atoms with Gasteiger partial charge in [-0.15, -0.1) is 0 Å². The van der Waals surface area contributed by atoms with Crippen molar-refractivity contribution in [2.75, 3.05) is 0 Å². The maximum Gasteiger partial charge on any atom is 0.145 e. The standard InChI is InChI=1S/C20H23FN2O2/c21-18-4-2-1-3-16(18)19-17(20(25-23-19)12-5-6-12)11-24-15-9-13-7-8-14(10-15)22-13/h1-4,12-15,22H,5-11H2/t13-,14+,15?. The molecule has 3 atom stereocenters. The molecule has 1 aromatic heterocycles. The third-order valence-electron chi connectivity index (χ3n) is 5.79. The van der Waals surface area contributed by atoms with Crippen molar-refractivity contribution in [3.05, 3.63) is 41.4 Å². The van der Waals surface area contributed by atoms with Gasteiger partial charge < -0.3 is 14.6 Å². The number of hydrogen-bond acceptors (Lipinski definition) is 4. The number of ether oxygens (including phenoxy) is 1. The van der Waals surface area contributed by atoms with E-state index in [9.17, 15) is 4.39 Å². The first-order chi connectivity index (χ1) is 12.3. The molecule has 25 heavy (non-hydrogen) atoms. The number of hydrogen-bond donors (Lipinski definition) is 1. The van der Waals surface area contributed by atoms with Gasteiger partial charge in [0.25, 0.3) is 0 Å². The first-order valence-corrected chi connectivity index (χ1v) is 9.39. The van der Waals surface area contributed by atoms with E-state index in [1.807, 2.05) is 6.07 Å². The largest absolute Gasteiger partial charge is 0.373 e. The van der Waals surface area contributed by atoms with Crippen LogP contribution >= 0.6 is 0 Å². The van der Waals surface area contributed by atoms with Gasteiger partial charge in [-0.2, -0.15) is 0 Å². The zero-order valence-corrected chi connectivity index (χ0v) is 14.2. The van der Waals surface area contributed by atoms with Crippen molar-refractivity contribution in [2.45, 2.75) is 69.2 Å². The number of piperidine rings is 1. The molecule has 0 radical (unpaired) electrons. The molecule has 1 aromatic carbocycles. The second-order valence-electron chi connectivity index (χ2n) is 7.67. The van der Waals surface area contributed by atoms with E-state index in [1.54, 1.807) is 12.1 Å². The summed E-state index contributed by atoms with van der Waals surface area (Å²) in [5.74, 6) is 1.06. The fraction of sp³-hybridized carbons (Fsp3) is 0.550. The number of nitrogens with one attached hydrogen (secondary N) is 1. The Balaban J connectivity index is 1.39. The van der Waals surface area contributed by atoms with E-state index in [2.05, 4.69) is 10.5 Å². The van der Waals surface area contributed by atoms with Gasteiger partial charge in [-0.3, -0.25) is 0 Å². The Bertz CT molecular complexity index is 759. The van der Waals surface area contributed by atoms with Crippen LogP contribution in [0.3, 0.4) is 0 Å². The van der Waals surface area contributed by atoms with Gasteiger partial charge >= 0.3 is 0 Å². The van der Waals surface area contributed by atoms with Gasteiger partial charge in [0, 0.05) is 29.1 Å². The number of benzene rings is 1. The predicted molar refractivity (Wildman–Crippen MR) is 91.6 cm³/mol. The Labute approximate surface area is 146 Å². The molecule has 1 N–H and O–H groups in total. The van der Waals surface area contributed by atoms with Crippen molar-refractivity contribution in [1.29, 1.82) is 0 Å². The quantitative estimate of drug-likeness (QED) is 0.886. The van der Waals surface area contributed by atoms with Crippen LogP contribution in [-0.2, 0) is 11.3 Å². The molecule has 0 amide bonds. The van der Waals surface area contributed by atoms with Gasteiger partial charge in [0.15, 0.2) is 0 Å². The van der Waals surface area contributed by atoms with Crippen LogP contribution in [0.25, 0.3) is 11.3 Å². The maximum atomic E-state index is 14.3. The van der Waals surface area contributed by atoms with E-state index < -0.39 is 0 Å². The van der Waals surface area contributed by atoms with Crippen molar-refractivity contribution in [1.82, 2.24) is 10.5 Å². The molecule has 3 heterocycles. The third-order valence-corrected chi connectivity index (χ3v) is 5.79. The van der Waals surface area contributed by atoms with Gasteiger partial charge in [0.05, 0.1) is 12.7 Å². The summed E-state index contributed by atoms with van der Waals surface area (Å²) in [7, 11) is 0. The molecule has 1 aliphatic carbocycles. The van der Waals surface area contributed by atoms with Crippen LogP contribution < -0.4 is 5.32 Å². The minimum absolute atomic E-state index is 0.265. The second-order valence-corrected chi connectivity index (χ2v) is 7.67. The van der Waals surface area contributed by atoms with E-state index >= 15 is 0 Å². The second kappa shape index (κ2) is 6.22. The van der Waals surface area contributed by atoms with Crippen molar-refractivity contribution < 1.29 is 13.7 Å². The monoisotopic (exact) mass is 342 g/mol. The summed E-state index contributed by atoms with van der Waals surface area (Å²) in [5.41, 5.74) is 2.05. The molecule has 2 aliphatic heterocycles. The third kappa shape index (κ3) is 3.00. The molecule has 3 fully saturated rings. The fourth-order valence-electron chi connectivity index (χ4n) is 4.33. The fourth-order valence-corrected chi connectivity index (χ4v) is 4.33. The van der Waals surface area contributed by atoms with Gasteiger partial charge in [-0.25, -0.2) is 4.39 Å². The number of fused-ring (bicyclic) bond motifs is 2. The summed E-state index contributed by atoms with van der Waals surface area (Å²) in [5, 5.41) is 7.84. The van der Waals surface area contributed by atoms with Crippen LogP contribution in [0.1, 0.15) is 55.8 Å². The Hall–Kier alpha value is -1.72. The molecule has 2 aromatic rings. The van der Waals surface area contributed by atoms with Crippen molar-refractivity contribution in [3.8, 4) is 11.3 Å². The van der Waals surface area contributed by atoms with Crippen LogP contribution in [0.2, 0.25) is 0 Å². The van der Waals surface area contributed by atoms with E-state index in [4.69, 9.17) is 9.26 Å². The summed E-state index contributed by atoms with van der Waals surface area (Å²) in [6, 6.07) is 7.95. The van der Waals surface area contributed by atoms with E-state index in [-0.39, 0.29) is 11.9 Å². The number of rotatable bonds is 5. The Morgan fingerprint density at radius 2 is 1.88 bits per heavy atom. The molecule has 2 bridgehead atoms. The summed E-state index contributed by atoms with van der Waals surface area (Å²) >= 11 is 0. The highest BCUT2D eigenvalue weighted by Gasteiger charge is 2.36. The van der Waals surface area contributed by atoms with Gasteiger partial charge in [0.1, 0.15) is 17.3 Å². The van der Waals surface area contributed by atoms with Crippen LogP contribution in [0.4, 0.5) is 4.39 Å².